The molecule has 0 bridgehead atoms. The molecule has 116 valence electrons. The Balaban J connectivity index is 2.13. The van der Waals surface area contributed by atoms with Gasteiger partial charge in [0.25, 0.3) is 5.91 Å². The third-order valence-corrected chi connectivity index (χ3v) is 5.56. The molecule has 1 aromatic heterocycles. The van der Waals surface area contributed by atoms with Crippen molar-refractivity contribution in [3.63, 3.8) is 0 Å². The summed E-state index contributed by atoms with van der Waals surface area (Å²) < 4.78 is 31.5. The Morgan fingerprint density at radius 3 is 2.73 bits per heavy atom. The van der Waals surface area contributed by atoms with Crippen LogP contribution in [0.1, 0.15) is 9.67 Å². The largest absolute Gasteiger partial charge is 0.506 e. The molecule has 0 spiro atoms. The zero-order valence-electron chi connectivity index (χ0n) is 11.2. The van der Waals surface area contributed by atoms with Gasteiger partial charge in [-0.2, -0.15) is 8.42 Å². The van der Waals surface area contributed by atoms with Gasteiger partial charge in [0.2, 0.25) is 0 Å². The van der Waals surface area contributed by atoms with Gasteiger partial charge < -0.3 is 9.84 Å². The van der Waals surface area contributed by atoms with Crippen LogP contribution in [0.4, 0.5) is 5.69 Å². The molecule has 0 unspecified atom stereocenters. The average molecular weight is 342 g/mol. The molecule has 0 aliphatic carbocycles. The molecule has 2 N–H and O–H groups in total. The van der Waals surface area contributed by atoms with E-state index in [1.807, 2.05) is 4.72 Å². The lowest BCUT2D eigenvalue weighted by molar-refractivity contribution is -0.117. The normalized spacial score (nSPS) is 16.8. The molecule has 0 saturated carbocycles. The molecule has 0 radical (unpaired) electrons. The molecular formula is C12H10N2O6S2. The minimum absolute atomic E-state index is 0.0277. The van der Waals surface area contributed by atoms with Crippen molar-refractivity contribution in [2.24, 2.45) is 0 Å². The van der Waals surface area contributed by atoms with Gasteiger partial charge in [0.1, 0.15) is 17.2 Å². The van der Waals surface area contributed by atoms with Crippen LogP contribution >= 0.6 is 11.3 Å². The number of fused-ring (bicyclic) bond motifs is 1. The van der Waals surface area contributed by atoms with E-state index in [0.717, 1.165) is 15.6 Å². The van der Waals surface area contributed by atoms with Gasteiger partial charge >= 0.3 is 16.2 Å². The fourth-order valence-corrected chi connectivity index (χ4v) is 4.28. The third-order valence-electron chi connectivity index (χ3n) is 3.09. The van der Waals surface area contributed by atoms with Crippen molar-refractivity contribution in [1.29, 1.82) is 0 Å². The minimum atomic E-state index is -4.01. The van der Waals surface area contributed by atoms with Gasteiger partial charge in [-0.15, -0.1) is 11.3 Å². The highest BCUT2D eigenvalue weighted by Crippen LogP contribution is 2.38. The molecule has 1 aromatic carbocycles. The first-order chi connectivity index (χ1) is 10.3. The fraction of sp³-hybridized carbons (Fsp3) is 0.167. The highest BCUT2D eigenvalue weighted by Gasteiger charge is 2.35. The maximum absolute atomic E-state index is 11.8. The van der Waals surface area contributed by atoms with E-state index in [9.17, 15) is 23.1 Å². The smallest absolute Gasteiger partial charge is 0.348 e. The predicted molar refractivity (Wildman–Crippen MR) is 79.2 cm³/mol. The number of amides is 1. The van der Waals surface area contributed by atoms with Gasteiger partial charge in [-0.1, -0.05) is 0 Å². The Labute approximate surface area is 129 Å². The molecule has 8 nitrogen and oxygen atoms in total. The van der Waals surface area contributed by atoms with Crippen LogP contribution in [-0.4, -0.2) is 39.1 Å². The summed E-state index contributed by atoms with van der Waals surface area (Å²) in [6.07, 6.45) is 0. The number of nitrogens with one attached hydrogen (secondary N) is 1. The lowest BCUT2D eigenvalue weighted by Gasteiger charge is -2.16. The zero-order valence-corrected chi connectivity index (χ0v) is 12.8. The van der Waals surface area contributed by atoms with Crippen LogP contribution in [0.3, 0.4) is 0 Å². The van der Waals surface area contributed by atoms with Crippen LogP contribution in [0.2, 0.25) is 0 Å². The number of hydrogen-bond acceptors (Lipinski definition) is 7. The number of rotatable bonds is 2. The van der Waals surface area contributed by atoms with Gasteiger partial charge in [0, 0.05) is 4.70 Å². The molecule has 0 atom stereocenters. The molecule has 1 fully saturated rings. The van der Waals surface area contributed by atoms with E-state index in [1.165, 1.54) is 25.3 Å². The van der Waals surface area contributed by atoms with Crippen molar-refractivity contribution in [3.8, 4) is 5.75 Å². The number of carbonyl (C=O) groups is 2. The second-order valence-corrected chi connectivity index (χ2v) is 7.20. The van der Waals surface area contributed by atoms with E-state index in [-0.39, 0.29) is 11.4 Å². The molecule has 2 heterocycles. The van der Waals surface area contributed by atoms with Gasteiger partial charge in [-0.25, -0.2) is 13.8 Å². The van der Waals surface area contributed by atoms with E-state index < -0.39 is 28.6 Å². The summed E-state index contributed by atoms with van der Waals surface area (Å²) in [4.78, 5) is 23.1. The second-order valence-electron chi connectivity index (χ2n) is 4.52. The Kier molecular flexibility index (Phi) is 3.22. The molecule has 1 amide bonds. The molecular weight excluding hydrogens is 332 g/mol. The molecule has 2 aromatic rings. The number of phenols is 1. The van der Waals surface area contributed by atoms with Gasteiger partial charge in [0.05, 0.1) is 12.8 Å². The first kappa shape index (κ1) is 14.6. The minimum Gasteiger partial charge on any atom is -0.506 e. The number of thiophene rings is 1. The topological polar surface area (TPSA) is 113 Å². The summed E-state index contributed by atoms with van der Waals surface area (Å²) in [5, 5.41) is 10.6. The number of benzene rings is 1. The van der Waals surface area contributed by atoms with Crippen LogP contribution in [-0.2, 0) is 19.7 Å². The zero-order chi connectivity index (χ0) is 16.1. The molecule has 22 heavy (non-hydrogen) atoms. The fourth-order valence-electron chi connectivity index (χ4n) is 2.13. The van der Waals surface area contributed by atoms with Crippen LogP contribution < -0.4 is 9.03 Å². The third kappa shape index (κ3) is 2.25. The van der Waals surface area contributed by atoms with E-state index in [2.05, 4.69) is 4.74 Å². The van der Waals surface area contributed by atoms with Crippen molar-refractivity contribution in [2.75, 3.05) is 18.0 Å². The van der Waals surface area contributed by atoms with Gasteiger partial charge in [-0.3, -0.25) is 4.79 Å². The van der Waals surface area contributed by atoms with Crippen molar-refractivity contribution >= 4 is 49.2 Å². The average Bonchev–Trinajstić information content (AvgIpc) is 2.96. The summed E-state index contributed by atoms with van der Waals surface area (Å²) in [7, 11) is -2.76. The van der Waals surface area contributed by atoms with Gasteiger partial charge in [0.15, 0.2) is 0 Å². The number of phenolic OH excluding ortho intramolecular Hbond substituents is 1. The Morgan fingerprint density at radius 1 is 1.41 bits per heavy atom. The highest BCUT2D eigenvalue weighted by molar-refractivity contribution is 7.92. The summed E-state index contributed by atoms with van der Waals surface area (Å²) >= 11 is 1.11. The Morgan fingerprint density at radius 2 is 2.14 bits per heavy atom. The maximum atomic E-state index is 11.8. The molecule has 1 aliphatic rings. The van der Waals surface area contributed by atoms with Crippen molar-refractivity contribution < 1.29 is 27.9 Å². The number of esters is 1. The number of hydrogen-bond donors (Lipinski definition) is 2. The number of ether oxygens (including phenoxy) is 1. The highest BCUT2D eigenvalue weighted by atomic mass is 32.2. The van der Waals surface area contributed by atoms with E-state index >= 15 is 0 Å². The van der Waals surface area contributed by atoms with Crippen LogP contribution in [0.25, 0.3) is 10.1 Å². The second kappa shape index (κ2) is 4.85. The monoisotopic (exact) mass is 342 g/mol. The van der Waals surface area contributed by atoms with Crippen molar-refractivity contribution in [2.45, 2.75) is 0 Å². The number of anilines is 1. The molecule has 10 heteroatoms. The quantitative estimate of drug-likeness (QED) is 0.772. The summed E-state index contributed by atoms with van der Waals surface area (Å²) in [6, 6.07) is 4.29. The number of nitrogens with zero attached hydrogens (tertiary/aromatic N) is 1. The van der Waals surface area contributed by atoms with Crippen molar-refractivity contribution in [3.05, 3.63) is 23.1 Å². The first-order valence-electron chi connectivity index (χ1n) is 6.00. The lowest BCUT2D eigenvalue weighted by Crippen LogP contribution is -2.29. The molecule has 1 aliphatic heterocycles. The van der Waals surface area contributed by atoms with Crippen molar-refractivity contribution in [1.82, 2.24) is 4.72 Å². The Hall–Kier alpha value is -2.33. The number of methoxy groups -OCH3 is 1. The van der Waals surface area contributed by atoms with Crippen LogP contribution in [0.15, 0.2) is 18.2 Å². The standard InChI is InChI=1S/C12H10N2O6S2/c1-20-12(17)10-3-6-2-7(8(15)4-9(6)21-10)14-5-11(16)13-22(14,18)19/h2-4,15H,5H2,1H3,(H,13,16). The summed E-state index contributed by atoms with van der Waals surface area (Å²) in [5.74, 6) is -1.50. The van der Waals surface area contributed by atoms with E-state index in [0.29, 0.717) is 15.0 Å². The Bertz CT molecular complexity index is 902. The molecule has 1 saturated heterocycles. The van der Waals surface area contributed by atoms with Gasteiger partial charge in [-0.05, 0) is 23.6 Å². The number of carbonyl (C=O) groups excluding carboxylic acids is 2. The predicted octanol–water partition coefficient (Wildman–Crippen LogP) is 0.574. The SMILES string of the molecule is COC(=O)c1cc2cc(N3CC(=O)NS3(=O)=O)c(O)cc2s1. The number of aromatic hydroxyl groups is 1. The van der Waals surface area contributed by atoms with Crippen LogP contribution in [0, 0.1) is 0 Å². The van der Waals surface area contributed by atoms with E-state index in [1.54, 1.807) is 0 Å². The summed E-state index contributed by atoms with van der Waals surface area (Å²) in [5.41, 5.74) is -0.0277. The molecule has 3 rings (SSSR count). The van der Waals surface area contributed by atoms with E-state index in [4.69, 9.17) is 0 Å². The summed E-state index contributed by atoms with van der Waals surface area (Å²) in [6.45, 7) is -0.407. The maximum Gasteiger partial charge on any atom is 0.348 e. The first-order valence-corrected chi connectivity index (χ1v) is 8.25. The lowest BCUT2D eigenvalue weighted by atomic mass is 10.2. The van der Waals surface area contributed by atoms with Crippen LogP contribution in [0.5, 0.6) is 5.75 Å².